The molecule has 2 unspecified atom stereocenters. The average Bonchev–Trinajstić information content (AvgIpc) is 2.24. The van der Waals surface area contributed by atoms with Crippen molar-refractivity contribution >= 4 is 0 Å². The number of hydrogen-bond acceptors (Lipinski definition) is 3. The third-order valence-corrected chi connectivity index (χ3v) is 3.12. The monoisotopic (exact) mass is 250 g/mol. The van der Waals surface area contributed by atoms with Crippen molar-refractivity contribution < 1.29 is 4.74 Å². The van der Waals surface area contributed by atoms with Crippen LogP contribution >= 0.6 is 0 Å². The Kier molecular flexibility index (Phi) is 5.76. The average molecular weight is 250 g/mol. The highest BCUT2D eigenvalue weighted by molar-refractivity contribution is 5.33. The summed E-state index contributed by atoms with van der Waals surface area (Å²) in [4.78, 5) is 4.55. The van der Waals surface area contributed by atoms with Gasteiger partial charge in [0.1, 0.15) is 0 Å². The van der Waals surface area contributed by atoms with E-state index in [9.17, 15) is 0 Å². The number of ether oxygens (including phenoxy) is 1. The van der Waals surface area contributed by atoms with Crippen LogP contribution in [0.4, 0.5) is 0 Å². The summed E-state index contributed by atoms with van der Waals surface area (Å²) < 4.78 is 5.43. The van der Waals surface area contributed by atoms with Crippen LogP contribution in [0.3, 0.4) is 0 Å². The van der Waals surface area contributed by atoms with Gasteiger partial charge in [0.25, 0.3) is 0 Å². The highest BCUT2D eigenvalue weighted by Gasteiger charge is 2.15. The molecular formula is C15H26N2O. The summed E-state index contributed by atoms with van der Waals surface area (Å²) in [6.45, 7) is 14.2. The van der Waals surface area contributed by atoms with Gasteiger partial charge >= 0.3 is 0 Å². The minimum Gasteiger partial charge on any atom is -0.380 e. The van der Waals surface area contributed by atoms with Crippen molar-refractivity contribution in [3.05, 3.63) is 28.6 Å². The van der Waals surface area contributed by atoms with Crippen LogP contribution in [0, 0.1) is 20.8 Å². The Hall–Kier alpha value is -0.930. The molecule has 2 atom stereocenters. The molecule has 0 aliphatic rings. The molecule has 0 amide bonds. The molecule has 0 saturated carbocycles. The van der Waals surface area contributed by atoms with Crippen molar-refractivity contribution in [2.24, 2.45) is 0 Å². The van der Waals surface area contributed by atoms with Crippen molar-refractivity contribution in [2.45, 2.75) is 53.6 Å². The normalized spacial score (nSPS) is 14.6. The summed E-state index contributed by atoms with van der Waals surface area (Å²) in [6, 6.07) is 2.79. The number of hydrogen-bond donors (Lipinski definition) is 1. The number of rotatable bonds is 6. The number of nitrogens with one attached hydrogen (secondary N) is 1. The molecule has 0 bridgehead atoms. The molecular weight excluding hydrogens is 224 g/mol. The zero-order valence-electron chi connectivity index (χ0n) is 12.5. The fourth-order valence-corrected chi connectivity index (χ4v) is 2.54. The first-order valence-corrected chi connectivity index (χ1v) is 6.74. The maximum absolute atomic E-state index is 5.43. The van der Waals surface area contributed by atoms with Crippen LogP contribution in [0.25, 0.3) is 0 Å². The first-order chi connectivity index (χ1) is 8.45. The Morgan fingerprint density at radius 1 is 1.28 bits per heavy atom. The van der Waals surface area contributed by atoms with Crippen LogP contribution in [-0.4, -0.2) is 24.2 Å². The Morgan fingerprint density at radius 3 is 2.50 bits per heavy atom. The predicted molar refractivity (Wildman–Crippen MR) is 76.0 cm³/mol. The molecule has 0 aromatic carbocycles. The lowest BCUT2D eigenvalue weighted by molar-refractivity contribution is 0.124. The van der Waals surface area contributed by atoms with Gasteiger partial charge in [0.15, 0.2) is 0 Å². The van der Waals surface area contributed by atoms with Gasteiger partial charge in [0.05, 0.1) is 6.61 Å². The fourth-order valence-electron chi connectivity index (χ4n) is 2.54. The van der Waals surface area contributed by atoms with Crippen molar-refractivity contribution in [2.75, 3.05) is 13.2 Å². The second kappa shape index (κ2) is 6.86. The Labute approximate surface area is 111 Å². The highest BCUT2D eigenvalue weighted by atomic mass is 16.5. The van der Waals surface area contributed by atoms with Gasteiger partial charge in [-0.25, -0.2) is 0 Å². The van der Waals surface area contributed by atoms with Crippen LogP contribution in [0.5, 0.6) is 0 Å². The number of aromatic nitrogens is 1. The van der Waals surface area contributed by atoms with E-state index in [-0.39, 0.29) is 0 Å². The van der Waals surface area contributed by atoms with Crippen LogP contribution in [0.2, 0.25) is 0 Å². The highest BCUT2D eigenvalue weighted by Crippen LogP contribution is 2.21. The third-order valence-electron chi connectivity index (χ3n) is 3.12. The quantitative estimate of drug-likeness (QED) is 0.842. The summed E-state index contributed by atoms with van der Waals surface area (Å²) in [5.74, 6) is 0. The Balaban J connectivity index is 2.75. The molecule has 1 aromatic heterocycles. The molecule has 3 heteroatoms. The van der Waals surface area contributed by atoms with Crippen LogP contribution in [0.15, 0.2) is 6.07 Å². The lowest BCUT2D eigenvalue weighted by Gasteiger charge is -2.23. The SMILES string of the molecule is CCOCC(C)NC(C)c1c(C)cc(C)nc1C. The van der Waals surface area contributed by atoms with Crippen molar-refractivity contribution in [3.63, 3.8) is 0 Å². The largest absolute Gasteiger partial charge is 0.380 e. The van der Waals surface area contributed by atoms with Crippen LogP contribution < -0.4 is 5.32 Å². The van der Waals surface area contributed by atoms with E-state index in [1.165, 1.54) is 11.1 Å². The molecule has 1 rings (SSSR count). The zero-order chi connectivity index (χ0) is 13.7. The van der Waals surface area contributed by atoms with E-state index < -0.39 is 0 Å². The van der Waals surface area contributed by atoms with Crippen molar-refractivity contribution in [1.82, 2.24) is 10.3 Å². The smallest absolute Gasteiger partial charge is 0.0616 e. The third kappa shape index (κ3) is 4.07. The molecule has 0 radical (unpaired) electrons. The van der Waals surface area contributed by atoms with Gasteiger partial charge in [-0.1, -0.05) is 0 Å². The van der Waals surface area contributed by atoms with Gasteiger partial charge in [-0.05, 0) is 58.7 Å². The Morgan fingerprint density at radius 2 is 1.94 bits per heavy atom. The maximum Gasteiger partial charge on any atom is 0.0616 e. The van der Waals surface area contributed by atoms with Crippen molar-refractivity contribution in [3.8, 4) is 0 Å². The van der Waals surface area contributed by atoms with E-state index in [2.05, 4.69) is 44.1 Å². The molecule has 0 aliphatic heterocycles. The van der Waals surface area contributed by atoms with E-state index in [4.69, 9.17) is 4.74 Å². The van der Waals surface area contributed by atoms with E-state index in [0.29, 0.717) is 12.1 Å². The number of pyridine rings is 1. The Bertz CT molecular complexity index is 367. The van der Waals surface area contributed by atoms with Gasteiger partial charge in [0.2, 0.25) is 0 Å². The minimum absolute atomic E-state index is 0.300. The van der Waals surface area contributed by atoms with Crippen LogP contribution in [-0.2, 0) is 4.74 Å². The summed E-state index contributed by atoms with van der Waals surface area (Å²) in [7, 11) is 0. The second-order valence-electron chi connectivity index (χ2n) is 5.03. The van der Waals surface area contributed by atoms with E-state index >= 15 is 0 Å². The fraction of sp³-hybridized carbons (Fsp3) is 0.667. The van der Waals surface area contributed by atoms with E-state index in [1.54, 1.807) is 0 Å². The minimum atomic E-state index is 0.300. The van der Waals surface area contributed by atoms with Crippen LogP contribution in [0.1, 0.15) is 49.3 Å². The number of aryl methyl sites for hydroxylation is 3. The standard InChI is InChI=1S/C15H26N2O/c1-7-18-9-12(4)17-14(6)15-10(2)8-11(3)16-13(15)5/h8,12,14,17H,7,9H2,1-6H3. The molecule has 0 saturated heterocycles. The lowest BCUT2D eigenvalue weighted by Crippen LogP contribution is -2.33. The first-order valence-electron chi connectivity index (χ1n) is 6.74. The summed E-state index contributed by atoms with van der Waals surface area (Å²) in [5.41, 5.74) is 4.83. The summed E-state index contributed by atoms with van der Waals surface area (Å²) in [6.07, 6.45) is 0. The van der Waals surface area contributed by atoms with Gasteiger partial charge in [0, 0.05) is 30.1 Å². The van der Waals surface area contributed by atoms with Gasteiger partial charge in [-0.2, -0.15) is 0 Å². The van der Waals surface area contributed by atoms with Gasteiger partial charge in [-0.3, -0.25) is 4.98 Å². The summed E-state index contributed by atoms with van der Waals surface area (Å²) >= 11 is 0. The lowest BCUT2D eigenvalue weighted by atomic mass is 10.00. The topological polar surface area (TPSA) is 34.1 Å². The number of nitrogens with zero attached hydrogens (tertiary/aromatic N) is 1. The predicted octanol–water partition coefficient (Wildman–Crippen LogP) is 3.08. The first kappa shape index (κ1) is 15.1. The molecule has 102 valence electrons. The molecule has 3 nitrogen and oxygen atoms in total. The molecule has 1 N–H and O–H groups in total. The molecule has 1 aromatic rings. The zero-order valence-corrected chi connectivity index (χ0v) is 12.5. The maximum atomic E-state index is 5.43. The molecule has 0 spiro atoms. The van der Waals surface area contributed by atoms with E-state index in [0.717, 1.165) is 24.6 Å². The molecule has 0 aliphatic carbocycles. The van der Waals surface area contributed by atoms with Gasteiger partial charge in [-0.15, -0.1) is 0 Å². The molecule has 1 heterocycles. The van der Waals surface area contributed by atoms with E-state index in [1.807, 2.05) is 13.8 Å². The van der Waals surface area contributed by atoms with Crippen molar-refractivity contribution in [1.29, 1.82) is 0 Å². The summed E-state index contributed by atoms with van der Waals surface area (Å²) in [5, 5.41) is 3.57. The molecule has 18 heavy (non-hydrogen) atoms. The van der Waals surface area contributed by atoms with Gasteiger partial charge < -0.3 is 10.1 Å². The molecule has 0 fully saturated rings. The second-order valence-corrected chi connectivity index (χ2v) is 5.03.